The molecule has 2 aromatic heterocycles. The summed E-state index contributed by atoms with van der Waals surface area (Å²) in [6.07, 6.45) is 6.05. The van der Waals surface area contributed by atoms with Gasteiger partial charge in [-0.25, -0.2) is 19.9 Å². The van der Waals surface area contributed by atoms with E-state index in [4.69, 9.17) is 14.5 Å². The SMILES string of the molecule is Cc1ccc(C(=O)Nc2cccc(C(C)C)c2)cc1Oc1ncccc1-c1ncnc(CCCCN2CCOCC2)n1. The van der Waals surface area contributed by atoms with Crippen molar-refractivity contribution >= 4 is 11.6 Å². The number of pyridine rings is 1. The van der Waals surface area contributed by atoms with Crippen LogP contribution in [0.5, 0.6) is 11.6 Å². The number of ether oxygens (including phenoxy) is 2. The molecule has 4 aromatic rings. The molecule has 218 valence electrons. The zero-order valence-electron chi connectivity index (χ0n) is 24.5. The fraction of sp³-hybridized carbons (Fsp3) is 0.364. The van der Waals surface area contributed by atoms with E-state index in [1.165, 1.54) is 0 Å². The minimum absolute atomic E-state index is 0.210. The molecule has 9 nitrogen and oxygen atoms in total. The normalized spacial score (nSPS) is 13.7. The Kier molecular flexibility index (Phi) is 9.84. The Hall–Kier alpha value is -4.21. The molecule has 0 radical (unpaired) electrons. The summed E-state index contributed by atoms with van der Waals surface area (Å²) in [6.45, 7) is 10.9. The van der Waals surface area contributed by atoms with Crippen LogP contribution in [0.1, 0.15) is 59.9 Å². The van der Waals surface area contributed by atoms with Crippen molar-refractivity contribution in [1.29, 1.82) is 0 Å². The second-order valence-corrected chi connectivity index (χ2v) is 10.8. The molecule has 1 fully saturated rings. The predicted octanol–water partition coefficient (Wildman–Crippen LogP) is 6.06. The maximum Gasteiger partial charge on any atom is 0.255 e. The standard InChI is InChI=1S/C33H38N6O3/c1-23(2)25-8-6-9-27(20-25)37-32(40)26-13-12-24(3)29(21-26)42-33-28(10-7-14-34-33)31-36-22-35-30(38-31)11-4-5-15-39-16-18-41-19-17-39/h6-10,12-14,20-23H,4-5,11,15-19H2,1-3H3,(H,37,40). The summed E-state index contributed by atoms with van der Waals surface area (Å²) in [6, 6.07) is 17.0. The molecular formula is C33H38N6O3. The number of hydrogen-bond donors (Lipinski definition) is 1. The first-order valence-electron chi connectivity index (χ1n) is 14.6. The monoisotopic (exact) mass is 566 g/mol. The third kappa shape index (κ3) is 7.74. The Labute approximate surface area is 247 Å². The van der Waals surface area contributed by atoms with Crippen LogP contribution in [0, 0.1) is 6.92 Å². The van der Waals surface area contributed by atoms with Crippen LogP contribution in [-0.4, -0.2) is 63.6 Å². The average molecular weight is 567 g/mol. The molecule has 0 atom stereocenters. The second-order valence-electron chi connectivity index (χ2n) is 10.8. The van der Waals surface area contributed by atoms with E-state index in [9.17, 15) is 4.79 Å². The van der Waals surface area contributed by atoms with Crippen molar-refractivity contribution < 1.29 is 14.3 Å². The number of nitrogens with one attached hydrogen (secondary N) is 1. The molecule has 0 unspecified atom stereocenters. The molecule has 2 aromatic carbocycles. The quantitative estimate of drug-likeness (QED) is 0.219. The summed E-state index contributed by atoms with van der Waals surface area (Å²) in [7, 11) is 0. The summed E-state index contributed by atoms with van der Waals surface area (Å²) in [4.78, 5) is 33.6. The maximum absolute atomic E-state index is 13.1. The molecule has 42 heavy (non-hydrogen) atoms. The number of rotatable bonds is 11. The smallest absolute Gasteiger partial charge is 0.255 e. The Balaban J connectivity index is 1.27. The number of nitrogens with zero attached hydrogens (tertiary/aromatic N) is 5. The van der Waals surface area contributed by atoms with Gasteiger partial charge in [-0.2, -0.15) is 0 Å². The van der Waals surface area contributed by atoms with E-state index in [0.29, 0.717) is 34.5 Å². The van der Waals surface area contributed by atoms with Crippen LogP contribution in [0.3, 0.4) is 0 Å². The number of carbonyl (C=O) groups excluding carboxylic acids is 1. The average Bonchev–Trinajstić information content (AvgIpc) is 3.01. The van der Waals surface area contributed by atoms with E-state index in [1.807, 2.05) is 43.3 Å². The summed E-state index contributed by atoms with van der Waals surface area (Å²) in [5.41, 5.74) is 3.95. The highest BCUT2D eigenvalue weighted by molar-refractivity contribution is 6.04. The molecule has 1 aliphatic heterocycles. The van der Waals surface area contributed by atoms with Gasteiger partial charge in [-0.15, -0.1) is 0 Å². The lowest BCUT2D eigenvalue weighted by Gasteiger charge is -2.26. The Bertz CT molecular complexity index is 1500. The van der Waals surface area contributed by atoms with Gasteiger partial charge in [-0.1, -0.05) is 32.0 Å². The number of morpholine rings is 1. The van der Waals surface area contributed by atoms with Crippen LogP contribution in [0.25, 0.3) is 11.4 Å². The highest BCUT2D eigenvalue weighted by atomic mass is 16.5. The molecule has 0 saturated carbocycles. The van der Waals surface area contributed by atoms with Gasteiger partial charge in [-0.3, -0.25) is 9.69 Å². The summed E-state index contributed by atoms with van der Waals surface area (Å²) in [5, 5.41) is 3.00. The molecule has 1 aliphatic rings. The van der Waals surface area contributed by atoms with Crippen molar-refractivity contribution in [3.8, 4) is 23.0 Å². The van der Waals surface area contributed by atoms with Crippen LogP contribution in [0.15, 0.2) is 67.1 Å². The highest BCUT2D eigenvalue weighted by Gasteiger charge is 2.16. The molecule has 0 aliphatic carbocycles. The van der Waals surface area contributed by atoms with Crippen molar-refractivity contribution in [1.82, 2.24) is 24.8 Å². The van der Waals surface area contributed by atoms with Gasteiger partial charge in [0.15, 0.2) is 5.82 Å². The van der Waals surface area contributed by atoms with E-state index >= 15 is 0 Å². The van der Waals surface area contributed by atoms with Crippen molar-refractivity contribution in [3.63, 3.8) is 0 Å². The molecule has 3 heterocycles. The second kappa shape index (κ2) is 14.1. The molecule has 9 heteroatoms. The van der Waals surface area contributed by atoms with Gasteiger partial charge in [0.2, 0.25) is 5.88 Å². The van der Waals surface area contributed by atoms with Crippen molar-refractivity contribution in [2.75, 3.05) is 38.2 Å². The summed E-state index contributed by atoms with van der Waals surface area (Å²) >= 11 is 0. The minimum Gasteiger partial charge on any atom is -0.438 e. The first-order chi connectivity index (χ1) is 20.5. The fourth-order valence-electron chi connectivity index (χ4n) is 4.80. The third-order valence-corrected chi connectivity index (χ3v) is 7.33. The molecular weight excluding hydrogens is 528 g/mol. The van der Waals surface area contributed by atoms with E-state index in [-0.39, 0.29) is 5.91 Å². The first kappa shape index (κ1) is 29.3. The Morgan fingerprint density at radius 2 is 1.88 bits per heavy atom. The number of unbranched alkanes of at least 4 members (excludes halogenated alkanes) is 1. The number of aryl methyl sites for hydroxylation is 2. The lowest BCUT2D eigenvalue weighted by atomic mass is 10.0. The van der Waals surface area contributed by atoms with Crippen LogP contribution >= 0.6 is 0 Å². The summed E-state index contributed by atoms with van der Waals surface area (Å²) in [5.74, 6) is 2.32. The van der Waals surface area contributed by atoms with Gasteiger partial charge >= 0.3 is 0 Å². The van der Waals surface area contributed by atoms with Crippen LogP contribution in [0.2, 0.25) is 0 Å². The van der Waals surface area contributed by atoms with Crippen molar-refractivity contribution in [2.45, 2.75) is 46.0 Å². The largest absolute Gasteiger partial charge is 0.438 e. The van der Waals surface area contributed by atoms with Gasteiger partial charge in [0.25, 0.3) is 5.91 Å². The predicted molar refractivity (Wildman–Crippen MR) is 163 cm³/mol. The first-order valence-corrected chi connectivity index (χ1v) is 14.6. The van der Waals surface area contributed by atoms with E-state index in [1.54, 1.807) is 24.7 Å². The zero-order chi connectivity index (χ0) is 29.3. The molecule has 1 saturated heterocycles. The highest BCUT2D eigenvalue weighted by Crippen LogP contribution is 2.32. The van der Waals surface area contributed by atoms with E-state index in [0.717, 1.165) is 74.7 Å². The van der Waals surface area contributed by atoms with Crippen molar-refractivity contribution in [2.24, 2.45) is 0 Å². The summed E-state index contributed by atoms with van der Waals surface area (Å²) < 4.78 is 11.7. The third-order valence-electron chi connectivity index (χ3n) is 7.33. The number of aromatic nitrogens is 4. The molecule has 1 amide bonds. The zero-order valence-corrected chi connectivity index (χ0v) is 24.5. The maximum atomic E-state index is 13.1. The number of anilines is 1. The van der Waals surface area contributed by atoms with Gasteiger partial charge in [0, 0.05) is 37.0 Å². The number of carbonyl (C=O) groups is 1. The van der Waals surface area contributed by atoms with Crippen LogP contribution in [0.4, 0.5) is 5.69 Å². The molecule has 0 bridgehead atoms. The van der Waals surface area contributed by atoms with Gasteiger partial charge in [-0.05, 0) is 79.8 Å². The van der Waals surface area contributed by atoms with Crippen LogP contribution in [-0.2, 0) is 11.2 Å². The number of amides is 1. The van der Waals surface area contributed by atoms with Crippen LogP contribution < -0.4 is 10.1 Å². The van der Waals surface area contributed by atoms with Crippen molar-refractivity contribution in [3.05, 3.63) is 89.6 Å². The lowest BCUT2D eigenvalue weighted by molar-refractivity contribution is 0.0372. The Morgan fingerprint density at radius 1 is 1.02 bits per heavy atom. The number of benzene rings is 2. The van der Waals surface area contributed by atoms with Gasteiger partial charge < -0.3 is 14.8 Å². The fourth-order valence-corrected chi connectivity index (χ4v) is 4.80. The molecule has 1 N–H and O–H groups in total. The molecule has 0 spiro atoms. The minimum atomic E-state index is -0.210. The van der Waals surface area contributed by atoms with Gasteiger partial charge in [0.05, 0.1) is 18.8 Å². The van der Waals surface area contributed by atoms with E-state index in [2.05, 4.69) is 45.1 Å². The van der Waals surface area contributed by atoms with E-state index < -0.39 is 0 Å². The molecule has 5 rings (SSSR count). The van der Waals surface area contributed by atoms with Gasteiger partial charge in [0.1, 0.15) is 17.9 Å². The number of hydrogen-bond acceptors (Lipinski definition) is 8. The Morgan fingerprint density at radius 3 is 2.71 bits per heavy atom. The topological polar surface area (TPSA) is 102 Å². The lowest BCUT2D eigenvalue weighted by Crippen LogP contribution is -2.36.